The molecular formula is C7H4F10O3. The van der Waals surface area contributed by atoms with Crippen LogP contribution in [-0.2, 0) is 9.53 Å². The number of hydrogen-bond donors (Lipinski definition) is 1. The van der Waals surface area contributed by atoms with Crippen molar-refractivity contribution in [3.05, 3.63) is 0 Å². The van der Waals surface area contributed by atoms with Crippen LogP contribution in [0.2, 0.25) is 0 Å². The van der Waals surface area contributed by atoms with Gasteiger partial charge in [0.2, 0.25) is 0 Å². The number of hydrogen-bond acceptors (Lipinski definition) is 3. The zero-order valence-corrected chi connectivity index (χ0v) is 8.78. The monoisotopic (exact) mass is 326 g/mol. The van der Waals surface area contributed by atoms with Crippen molar-refractivity contribution in [2.24, 2.45) is 0 Å². The van der Waals surface area contributed by atoms with Gasteiger partial charge in [-0.2, -0.15) is 35.1 Å². The van der Waals surface area contributed by atoms with E-state index in [4.69, 9.17) is 5.11 Å². The fraction of sp³-hybridized carbons (Fsp3) is 0.857. The molecular weight excluding hydrogens is 322 g/mol. The molecule has 0 aliphatic heterocycles. The van der Waals surface area contributed by atoms with E-state index in [1.165, 1.54) is 0 Å². The van der Waals surface area contributed by atoms with E-state index in [0.717, 1.165) is 0 Å². The molecule has 0 heterocycles. The van der Waals surface area contributed by atoms with E-state index in [1.807, 2.05) is 0 Å². The molecule has 0 amide bonds. The van der Waals surface area contributed by atoms with Gasteiger partial charge < -0.3 is 9.84 Å². The summed E-state index contributed by atoms with van der Waals surface area (Å²) in [6.07, 6.45) is -23.4. The summed E-state index contributed by atoms with van der Waals surface area (Å²) in [5.74, 6) is -6.58. The van der Waals surface area contributed by atoms with Gasteiger partial charge in [-0.25, -0.2) is 8.78 Å². The van der Waals surface area contributed by atoms with Crippen LogP contribution in [-0.4, -0.2) is 48.0 Å². The van der Waals surface area contributed by atoms with Gasteiger partial charge in [-0.3, -0.25) is 4.79 Å². The molecule has 0 aliphatic rings. The highest BCUT2D eigenvalue weighted by atomic mass is 19.4. The molecule has 0 rings (SSSR count). The van der Waals surface area contributed by atoms with E-state index in [1.54, 1.807) is 0 Å². The number of carbonyl (C=O) groups excluding carboxylic acids is 1. The fourth-order valence-corrected chi connectivity index (χ4v) is 1.08. The summed E-state index contributed by atoms with van der Waals surface area (Å²) in [6.45, 7) is -1.31. The average Bonchev–Trinajstić information content (AvgIpc) is 2.20. The van der Waals surface area contributed by atoms with Gasteiger partial charge in [0.05, 0.1) is 0 Å². The summed E-state index contributed by atoms with van der Waals surface area (Å²) in [4.78, 5) is 9.65. The smallest absolute Gasteiger partial charge is 0.431 e. The summed E-state index contributed by atoms with van der Waals surface area (Å²) in [6, 6.07) is 0. The molecule has 0 aromatic rings. The lowest BCUT2D eigenvalue weighted by Crippen LogP contribution is -2.70. The molecule has 20 heavy (non-hydrogen) atoms. The van der Waals surface area contributed by atoms with Crippen LogP contribution in [0.3, 0.4) is 0 Å². The third kappa shape index (κ3) is 2.91. The van der Waals surface area contributed by atoms with Crippen molar-refractivity contribution in [2.75, 3.05) is 0 Å². The summed E-state index contributed by atoms with van der Waals surface area (Å²) in [5.41, 5.74) is -6.36. The second kappa shape index (κ2) is 5.26. The Kier molecular flexibility index (Phi) is 4.92. The van der Waals surface area contributed by atoms with E-state index in [2.05, 4.69) is 4.74 Å². The maximum absolute atomic E-state index is 13.1. The van der Waals surface area contributed by atoms with Gasteiger partial charge >= 0.3 is 18.3 Å². The topological polar surface area (TPSA) is 46.5 Å². The Balaban J connectivity index is 6.04. The average molecular weight is 326 g/mol. The number of carbonyl (C=O) groups is 1. The first-order valence-electron chi connectivity index (χ1n) is 4.25. The third-order valence-corrected chi connectivity index (χ3v) is 2.07. The molecule has 0 saturated heterocycles. The Morgan fingerprint density at radius 2 is 1.35 bits per heavy atom. The Labute approximate surface area is 103 Å². The Hall–Kier alpha value is -1.27. The van der Waals surface area contributed by atoms with Crippen LogP contribution in [0.5, 0.6) is 0 Å². The zero-order chi connectivity index (χ0) is 16.6. The molecule has 3 nitrogen and oxygen atoms in total. The van der Waals surface area contributed by atoms with E-state index in [9.17, 15) is 48.7 Å². The van der Waals surface area contributed by atoms with Crippen LogP contribution in [0.1, 0.15) is 0 Å². The SMILES string of the molecule is O=COC(C(F)(F)F)C(F)(F)C(O)(C(F)F)C(F)(F)F. The molecule has 120 valence electrons. The first kappa shape index (κ1) is 18.7. The Bertz CT molecular complexity index is 348. The van der Waals surface area contributed by atoms with Crippen LogP contribution in [0.4, 0.5) is 43.9 Å². The highest BCUT2D eigenvalue weighted by Gasteiger charge is 2.81. The number of alkyl halides is 10. The molecule has 0 saturated carbocycles. The molecule has 0 spiro atoms. The second-order valence-corrected chi connectivity index (χ2v) is 3.34. The van der Waals surface area contributed by atoms with Gasteiger partial charge in [0, 0.05) is 0 Å². The molecule has 0 radical (unpaired) electrons. The molecule has 13 heteroatoms. The first-order valence-corrected chi connectivity index (χ1v) is 4.25. The minimum absolute atomic E-state index is 1.31. The minimum Gasteiger partial charge on any atom is -0.448 e. The van der Waals surface area contributed by atoms with E-state index in [-0.39, 0.29) is 0 Å². The van der Waals surface area contributed by atoms with Crippen molar-refractivity contribution in [3.8, 4) is 0 Å². The van der Waals surface area contributed by atoms with Gasteiger partial charge in [0.25, 0.3) is 24.6 Å². The van der Waals surface area contributed by atoms with Gasteiger partial charge in [-0.15, -0.1) is 0 Å². The highest BCUT2D eigenvalue weighted by molar-refractivity contribution is 5.38. The minimum atomic E-state index is -6.83. The quantitative estimate of drug-likeness (QED) is 0.623. The second-order valence-electron chi connectivity index (χ2n) is 3.34. The molecule has 2 atom stereocenters. The van der Waals surface area contributed by atoms with Gasteiger partial charge in [0.15, 0.2) is 0 Å². The molecule has 0 aromatic carbocycles. The molecule has 0 bridgehead atoms. The van der Waals surface area contributed by atoms with Crippen molar-refractivity contribution >= 4 is 6.47 Å². The van der Waals surface area contributed by atoms with Crippen LogP contribution in [0.25, 0.3) is 0 Å². The van der Waals surface area contributed by atoms with Crippen molar-refractivity contribution in [1.29, 1.82) is 0 Å². The van der Waals surface area contributed by atoms with Crippen molar-refractivity contribution < 1.29 is 58.5 Å². The number of rotatable bonds is 5. The lowest BCUT2D eigenvalue weighted by Gasteiger charge is -2.39. The molecule has 1 N–H and O–H groups in total. The normalized spacial score (nSPS) is 18.6. The Morgan fingerprint density at radius 3 is 1.55 bits per heavy atom. The van der Waals surface area contributed by atoms with Crippen LogP contribution < -0.4 is 0 Å². The predicted molar refractivity (Wildman–Crippen MR) is 38.9 cm³/mol. The summed E-state index contributed by atoms with van der Waals surface area (Å²) >= 11 is 0. The fourth-order valence-electron chi connectivity index (χ4n) is 1.08. The largest absolute Gasteiger partial charge is 0.448 e. The third-order valence-electron chi connectivity index (χ3n) is 2.07. The summed E-state index contributed by atoms with van der Waals surface area (Å²) in [5, 5.41) is 8.39. The number of halogens is 10. The summed E-state index contributed by atoms with van der Waals surface area (Å²) in [7, 11) is 0. The van der Waals surface area contributed by atoms with E-state index < -0.39 is 42.9 Å². The first-order chi connectivity index (χ1) is 8.64. The molecule has 0 aliphatic carbocycles. The molecule has 0 fully saturated rings. The standard InChI is InChI=1S/C7H4F10O3/c8-3(9)4(19,7(15,16)17)5(10,11)2(20-1-18)6(12,13)14/h1-3,19H. The summed E-state index contributed by atoms with van der Waals surface area (Å²) < 4.78 is 126. The highest BCUT2D eigenvalue weighted by Crippen LogP contribution is 2.50. The van der Waals surface area contributed by atoms with Crippen molar-refractivity contribution in [2.45, 2.75) is 36.4 Å². The Morgan fingerprint density at radius 1 is 0.950 bits per heavy atom. The predicted octanol–water partition coefficient (Wildman–Crippen LogP) is 2.28. The van der Waals surface area contributed by atoms with Crippen LogP contribution >= 0.6 is 0 Å². The van der Waals surface area contributed by atoms with Crippen LogP contribution in [0.15, 0.2) is 0 Å². The van der Waals surface area contributed by atoms with Crippen molar-refractivity contribution in [3.63, 3.8) is 0 Å². The van der Waals surface area contributed by atoms with Gasteiger partial charge in [-0.1, -0.05) is 0 Å². The maximum Gasteiger partial charge on any atom is 0.431 e. The zero-order valence-electron chi connectivity index (χ0n) is 8.78. The maximum atomic E-state index is 13.1. The van der Waals surface area contributed by atoms with Crippen LogP contribution in [0, 0.1) is 0 Å². The van der Waals surface area contributed by atoms with E-state index >= 15 is 0 Å². The lowest BCUT2D eigenvalue weighted by atomic mass is 9.90. The lowest BCUT2D eigenvalue weighted by molar-refractivity contribution is -0.400. The molecule has 0 aromatic heterocycles. The number of aliphatic hydroxyl groups is 1. The van der Waals surface area contributed by atoms with Gasteiger partial charge in [-0.05, 0) is 0 Å². The molecule has 2 unspecified atom stereocenters. The number of ether oxygens (including phenoxy) is 1. The van der Waals surface area contributed by atoms with E-state index in [0.29, 0.717) is 0 Å². The van der Waals surface area contributed by atoms with Crippen molar-refractivity contribution in [1.82, 2.24) is 0 Å². The van der Waals surface area contributed by atoms with Gasteiger partial charge in [0.1, 0.15) is 0 Å².